The second kappa shape index (κ2) is 9.64. The number of rotatable bonds is 8. The minimum absolute atomic E-state index is 0.182. The number of aryl methyl sites for hydroxylation is 1. The van der Waals surface area contributed by atoms with Gasteiger partial charge in [-0.1, -0.05) is 48.5 Å². The average Bonchev–Trinajstić information content (AvgIpc) is 3.26. The summed E-state index contributed by atoms with van der Waals surface area (Å²) < 4.78 is 17.8. The van der Waals surface area contributed by atoms with E-state index < -0.39 is 23.7 Å². The molecule has 9 heteroatoms. The van der Waals surface area contributed by atoms with Crippen LogP contribution in [0.3, 0.4) is 0 Å². The summed E-state index contributed by atoms with van der Waals surface area (Å²) in [5.41, 5.74) is 0.726. The molecule has 0 saturated heterocycles. The summed E-state index contributed by atoms with van der Waals surface area (Å²) in [4.78, 5) is 43.2. The molecule has 0 radical (unpaired) electrons. The number of amides is 1. The van der Waals surface area contributed by atoms with E-state index >= 15 is 0 Å². The average molecular weight is 449 g/mol. The van der Waals surface area contributed by atoms with Crippen molar-refractivity contribution in [2.75, 3.05) is 6.54 Å². The monoisotopic (exact) mass is 449 g/mol. The van der Waals surface area contributed by atoms with Crippen molar-refractivity contribution >= 4 is 17.1 Å². The van der Waals surface area contributed by atoms with Crippen molar-refractivity contribution in [3.8, 4) is 0 Å². The molecule has 0 aliphatic carbocycles. The zero-order valence-corrected chi connectivity index (χ0v) is 18.2. The zero-order chi connectivity index (χ0) is 23.4. The number of carbonyl (C=O) groups is 1. The third-order valence-corrected chi connectivity index (χ3v) is 5.48. The number of hydrogen-bond donors (Lipinski definition) is 1. The van der Waals surface area contributed by atoms with Crippen molar-refractivity contribution in [3.63, 3.8) is 0 Å². The Bertz CT molecular complexity index is 1410. The quantitative estimate of drug-likeness (QED) is 0.445. The van der Waals surface area contributed by atoms with Gasteiger partial charge in [0.05, 0.1) is 12.9 Å². The van der Waals surface area contributed by atoms with Crippen molar-refractivity contribution in [1.29, 1.82) is 0 Å². The van der Waals surface area contributed by atoms with E-state index in [2.05, 4.69) is 10.3 Å². The Balaban J connectivity index is 1.62. The molecule has 4 rings (SSSR count). The molecule has 2 heterocycles. The van der Waals surface area contributed by atoms with Crippen LogP contribution < -0.4 is 16.6 Å². The van der Waals surface area contributed by atoms with Crippen LogP contribution in [0.2, 0.25) is 0 Å². The minimum Gasteiger partial charge on any atom is -0.354 e. The van der Waals surface area contributed by atoms with Gasteiger partial charge in [-0.15, -0.1) is 0 Å². The van der Waals surface area contributed by atoms with Gasteiger partial charge in [0.15, 0.2) is 11.2 Å². The topological polar surface area (TPSA) is 90.9 Å². The first-order valence-electron chi connectivity index (χ1n) is 10.7. The summed E-state index contributed by atoms with van der Waals surface area (Å²) in [6.45, 7) is 2.32. The van der Waals surface area contributed by atoms with Crippen LogP contribution in [0.4, 0.5) is 4.39 Å². The molecule has 33 heavy (non-hydrogen) atoms. The van der Waals surface area contributed by atoms with Gasteiger partial charge in [0.2, 0.25) is 5.91 Å². The number of nitrogens with one attached hydrogen (secondary N) is 1. The number of nitrogens with zero attached hydrogens (tertiary/aromatic N) is 4. The number of carbonyl (C=O) groups excluding carboxylic acids is 1. The van der Waals surface area contributed by atoms with Crippen LogP contribution in [0.5, 0.6) is 0 Å². The van der Waals surface area contributed by atoms with Crippen LogP contribution in [0.1, 0.15) is 18.1 Å². The van der Waals surface area contributed by atoms with Crippen molar-refractivity contribution in [2.45, 2.75) is 33.0 Å². The van der Waals surface area contributed by atoms with Crippen molar-refractivity contribution in [2.24, 2.45) is 0 Å². The van der Waals surface area contributed by atoms with Crippen LogP contribution in [-0.2, 0) is 30.8 Å². The standard InChI is InChI=1S/C24H24FN5O3/c1-2-28-16-27-22-21(28)23(32)30(24(33)29(22)14-17-8-4-3-5-9-17)15-20(31)26-13-12-18-10-6-7-11-19(18)25/h3-11,16H,2,12-15H2,1H3,(H,26,31). The van der Waals surface area contributed by atoms with Gasteiger partial charge in [0.25, 0.3) is 5.56 Å². The first-order chi connectivity index (χ1) is 16.0. The molecule has 0 saturated carbocycles. The fourth-order valence-electron chi connectivity index (χ4n) is 3.76. The first kappa shape index (κ1) is 22.2. The van der Waals surface area contributed by atoms with Crippen LogP contribution in [0.15, 0.2) is 70.5 Å². The predicted octanol–water partition coefficient (Wildman–Crippen LogP) is 1.93. The molecule has 2 aromatic carbocycles. The molecular weight excluding hydrogens is 425 g/mol. The lowest BCUT2D eigenvalue weighted by molar-refractivity contribution is -0.121. The highest BCUT2D eigenvalue weighted by molar-refractivity contribution is 5.76. The molecule has 0 aliphatic heterocycles. The van der Waals surface area contributed by atoms with Gasteiger partial charge >= 0.3 is 5.69 Å². The van der Waals surface area contributed by atoms with Gasteiger partial charge in [0.1, 0.15) is 12.4 Å². The van der Waals surface area contributed by atoms with Crippen molar-refractivity contribution < 1.29 is 9.18 Å². The third kappa shape index (κ3) is 4.62. The Hall–Kier alpha value is -4.01. The Morgan fingerprint density at radius 1 is 1.03 bits per heavy atom. The van der Waals surface area contributed by atoms with E-state index in [0.717, 1.165) is 10.1 Å². The van der Waals surface area contributed by atoms with E-state index in [9.17, 15) is 18.8 Å². The van der Waals surface area contributed by atoms with Gasteiger partial charge < -0.3 is 9.88 Å². The summed E-state index contributed by atoms with van der Waals surface area (Å²) in [5.74, 6) is -0.844. The summed E-state index contributed by atoms with van der Waals surface area (Å²) in [7, 11) is 0. The summed E-state index contributed by atoms with van der Waals surface area (Å²) >= 11 is 0. The summed E-state index contributed by atoms with van der Waals surface area (Å²) in [6.07, 6.45) is 1.82. The maximum atomic E-state index is 13.8. The lowest BCUT2D eigenvalue weighted by Crippen LogP contribution is -2.44. The van der Waals surface area contributed by atoms with Gasteiger partial charge in [-0.05, 0) is 30.5 Å². The van der Waals surface area contributed by atoms with Gasteiger partial charge in [0, 0.05) is 13.1 Å². The van der Waals surface area contributed by atoms with E-state index in [0.29, 0.717) is 18.5 Å². The number of hydrogen-bond acceptors (Lipinski definition) is 4. The molecule has 4 aromatic rings. The smallest absolute Gasteiger partial charge is 0.333 e. The highest BCUT2D eigenvalue weighted by Gasteiger charge is 2.19. The molecule has 0 fully saturated rings. The van der Waals surface area contributed by atoms with Gasteiger partial charge in [-0.2, -0.15) is 0 Å². The van der Waals surface area contributed by atoms with Crippen LogP contribution in [-0.4, -0.2) is 31.1 Å². The number of benzene rings is 2. The fourth-order valence-corrected chi connectivity index (χ4v) is 3.76. The molecule has 170 valence electrons. The molecule has 0 bridgehead atoms. The van der Waals surface area contributed by atoms with E-state index in [1.807, 2.05) is 37.3 Å². The third-order valence-electron chi connectivity index (χ3n) is 5.48. The van der Waals surface area contributed by atoms with E-state index in [4.69, 9.17) is 0 Å². The Morgan fingerprint density at radius 2 is 1.76 bits per heavy atom. The minimum atomic E-state index is -0.609. The molecule has 0 unspecified atom stereocenters. The Labute approximate surface area is 188 Å². The lowest BCUT2D eigenvalue weighted by atomic mass is 10.1. The molecule has 0 atom stereocenters. The highest BCUT2D eigenvalue weighted by Crippen LogP contribution is 2.10. The molecule has 8 nitrogen and oxygen atoms in total. The Kier molecular flexibility index (Phi) is 6.48. The summed E-state index contributed by atoms with van der Waals surface area (Å²) in [6, 6.07) is 15.7. The van der Waals surface area contributed by atoms with Gasteiger partial charge in [-0.3, -0.25) is 14.2 Å². The summed E-state index contributed by atoms with van der Waals surface area (Å²) in [5, 5.41) is 2.67. The molecular formula is C24H24FN5O3. The normalized spacial score (nSPS) is 11.1. The molecule has 1 amide bonds. The predicted molar refractivity (Wildman–Crippen MR) is 123 cm³/mol. The van der Waals surface area contributed by atoms with Gasteiger partial charge in [-0.25, -0.2) is 18.7 Å². The first-order valence-corrected chi connectivity index (χ1v) is 10.7. The van der Waals surface area contributed by atoms with Crippen LogP contribution in [0.25, 0.3) is 11.2 Å². The maximum absolute atomic E-state index is 13.8. The van der Waals surface area contributed by atoms with E-state index in [1.54, 1.807) is 22.8 Å². The zero-order valence-electron chi connectivity index (χ0n) is 18.2. The van der Waals surface area contributed by atoms with E-state index in [1.165, 1.54) is 17.0 Å². The second-order valence-electron chi connectivity index (χ2n) is 7.64. The lowest BCUT2D eigenvalue weighted by Gasteiger charge is -2.13. The SMILES string of the molecule is CCn1cnc2c1c(=O)n(CC(=O)NCCc1ccccc1F)c(=O)n2Cc1ccccc1. The van der Waals surface area contributed by atoms with Crippen molar-refractivity contribution in [1.82, 2.24) is 24.0 Å². The number of fused-ring (bicyclic) bond motifs is 1. The number of aromatic nitrogens is 4. The Morgan fingerprint density at radius 3 is 2.48 bits per heavy atom. The van der Waals surface area contributed by atoms with Crippen LogP contribution in [0, 0.1) is 5.82 Å². The molecule has 0 aliphatic rings. The van der Waals surface area contributed by atoms with Crippen LogP contribution >= 0.6 is 0 Å². The number of halogens is 1. The fraction of sp³-hybridized carbons (Fsp3) is 0.250. The highest BCUT2D eigenvalue weighted by atomic mass is 19.1. The number of imidazole rings is 1. The van der Waals surface area contributed by atoms with Crippen molar-refractivity contribution in [3.05, 3.63) is 98.7 Å². The van der Waals surface area contributed by atoms with E-state index in [-0.39, 0.29) is 30.1 Å². The largest absolute Gasteiger partial charge is 0.354 e. The molecule has 0 spiro atoms. The molecule has 2 aromatic heterocycles. The second-order valence-corrected chi connectivity index (χ2v) is 7.64. The molecule has 1 N–H and O–H groups in total. The maximum Gasteiger partial charge on any atom is 0.333 e.